The standard InChI is InChI=1S/C28H32N2O4/c1-6-25(34-24-16-14-23(33-5)15-17-24)27(32)30-22-9-7-8-21(18-22)29-26(31)19-10-12-20(13-11-19)28(2,3)4/h7-18,25H,6H2,1-5H3,(H,29,31)(H,30,32)/t25-/m1/s1. The van der Waals surface area contributed by atoms with Gasteiger partial charge < -0.3 is 20.1 Å². The highest BCUT2D eigenvalue weighted by Crippen LogP contribution is 2.23. The van der Waals surface area contributed by atoms with Gasteiger partial charge in [-0.05, 0) is 72.0 Å². The maximum absolute atomic E-state index is 12.8. The second-order valence-corrected chi connectivity index (χ2v) is 9.04. The summed E-state index contributed by atoms with van der Waals surface area (Å²) in [4.78, 5) is 25.5. The molecular formula is C28H32N2O4. The molecule has 0 unspecified atom stereocenters. The summed E-state index contributed by atoms with van der Waals surface area (Å²) in [6.45, 7) is 8.28. The number of ether oxygens (including phenoxy) is 2. The SMILES string of the molecule is CC[C@@H](Oc1ccc(OC)cc1)C(=O)Nc1cccc(NC(=O)c2ccc(C(C)(C)C)cc2)c1. The van der Waals surface area contributed by atoms with E-state index in [4.69, 9.17) is 9.47 Å². The number of amides is 2. The van der Waals surface area contributed by atoms with Gasteiger partial charge in [0, 0.05) is 16.9 Å². The van der Waals surface area contributed by atoms with Crippen LogP contribution in [0.2, 0.25) is 0 Å². The second-order valence-electron chi connectivity index (χ2n) is 9.04. The molecule has 1 atom stereocenters. The van der Waals surface area contributed by atoms with E-state index in [1.165, 1.54) is 0 Å². The van der Waals surface area contributed by atoms with Gasteiger partial charge in [0.2, 0.25) is 0 Å². The number of carbonyl (C=O) groups is 2. The summed E-state index contributed by atoms with van der Waals surface area (Å²) >= 11 is 0. The highest BCUT2D eigenvalue weighted by Gasteiger charge is 2.19. The lowest BCUT2D eigenvalue weighted by molar-refractivity contribution is -0.122. The smallest absolute Gasteiger partial charge is 0.265 e. The molecule has 2 N–H and O–H groups in total. The first kappa shape index (κ1) is 24.8. The van der Waals surface area contributed by atoms with Crippen LogP contribution in [-0.4, -0.2) is 25.0 Å². The van der Waals surface area contributed by atoms with Crippen LogP contribution in [0.3, 0.4) is 0 Å². The minimum Gasteiger partial charge on any atom is -0.497 e. The summed E-state index contributed by atoms with van der Waals surface area (Å²) in [7, 11) is 1.59. The Hall–Kier alpha value is -3.80. The van der Waals surface area contributed by atoms with Crippen molar-refractivity contribution in [1.29, 1.82) is 0 Å². The Bertz CT molecular complexity index is 1120. The number of hydrogen-bond acceptors (Lipinski definition) is 4. The molecule has 0 aliphatic heterocycles. The van der Waals surface area contributed by atoms with Crippen LogP contribution in [-0.2, 0) is 10.2 Å². The van der Waals surface area contributed by atoms with E-state index in [1.54, 1.807) is 55.6 Å². The summed E-state index contributed by atoms with van der Waals surface area (Å²) in [5.74, 6) is 0.827. The fraction of sp³-hybridized carbons (Fsp3) is 0.286. The summed E-state index contributed by atoms with van der Waals surface area (Å²) in [5.41, 5.74) is 2.92. The van der Waals surface area contributed by atoms with E-state index < -0.39 is 6.10 Å². The molecule has 0 aromatic heterocycles. The number of benzene rings is 3. The van der Waals surface area contributed by atoms with Crippen molar-refractivity contribution in [1.82, 2.24) is 0 Å². The van der Waals surface area contributed by atoms with Crippen LogP contribution in [0, 0.1) is 0 Å². The first-order valence-corrected chi connectivity index (χ1v) is 11.3. The van der Waals surface area contributed by atoms with Gasteiger partial charge in [-0.15, -0.1) is 0 Å². The summed E-state index contributed by atoms with van der Waals surface area (Å²) in [5, 5.41) is 5.76. The molecule has 6 nitrogen and oxygen atoms in total. The van der Waals surface area contributed by atoms with Crippen molar-refractivity contribution < 1.29 is 19.1 Å². The largest absolute Gasteiger partial charge is 0.497 e. The molecular weight excluding hydrogens is 428 g/mol. The summed E-state index contributed by atoms with van der Waals surface area (Å²) in [6, 6.07) is 21.7. The molecule has 0 saturated heterocycles. The molecule has 0 fully saturated rings. The Kier molecular flexibility index (Phi) is 7.95. The number of anilines is 2. The van der Waals surface area contributed by atoms with Crippen LogP contribution in [0.4, 0.5) is 11.4 Å². The van der Waals surface area contributed by atoms with Crippen LogP contribution >= 0.6 is 0 Å². The second kappa shape index (κ2) is 10.9. The molecule has 0 saturated carbocycles. The number of hydrogen-bond donors (Lipinski definition) is 2. The van der Waals surface area contributed by atoms with Crippen molar-refractivity contribution in [2.24, 2.45) is 0 Å². The first-order chi connectivity index (χ1) is 16.2. The predicted octanol–water partition coefficient (Wildman–Crippen LogP) is 6.04. The Morgan fingerprint density at radius 1 is 0.853 bits per heavy atom. The molecule has 3 aromatic carbocycles. The average molecular weight is 461 g/mol. The van der Waals surface area contributed by atoms with Crippen molar-refractivity contribution in [2.75, 3.05) is 17.7 Å². The number of rotatable bonds is 8. The molecule has 6 heteroatoms. The zero-order valence-electron chi connectivity index (χ0n) is 20.3. The Balaban J connectivity index is 1.63. The van der Waals surface area contributed by atoms with Crippen LogP contribution in [0.5, 0.6) is 11.5 Å². The predicted molar refractivity (Wildman–Crippen MR) is 136 cm³/mol. The molecule has 3 rings (SSSR count). The number of nitrogens with one attached hydrogen (secondary N) is 2. The van der Waals surface area contributed by atoms with Crippen molar-refractivity contribution >= 4 is 23.2 Å². The lowest BCUT2D eigenvalue weighted by Gasteiger charge is -2.19. The molecule has 34 heavy (non-hydrogen) atoms. The van der Waals surface area contributed by atoms with Gasteiger partial charge in [0.25, 0.3) is 11.8 Å². The molecule has 3 aromatic rings. The van der Waals surface area contributed by atoms with Crippen LogP contribution < -0.4 is 20.1 Å². The highest BCUT2D eigenvalue weighted by molar-refractivity contribution is 6.04. The minimum atomic E-state index is -0.659. The van der Waals surface area contributed by atoms with Gasteiger partial charge in [0.05, 0.1) is 7.11 Å². The zero-order valence-corrected chi connectivity index (χ0v) is 20.3. The van der Waals surface area contributed by atoms with Gasteiger partial charge >= 0.3 is 0 Å². The summed E-state index contributed by atoms with van der Waals surface area (Å²) in [6.07, 6.45) is -0.160. The van der Waals surface area contributed by atoms with Gasteiger partial charge in [-0.3, -0.25) is 9.59 Å². The van der Waals surface area contributed by atoms with E-state index >= 15 is 0 Å². The molecule has 2 amide bonds. The maximum atomic E-state index is 12.8. The van der Waals surface area contributed by atoms with Gasteiger partial charge in [0.15, 0.2) is 6.10 Å². The molecule has 0 spiro atoms. The number of methoxy groups -OCH3 is 1. The Morgan fingerprint density at radius 2 is 1.44 bits per heavy atom. The lowest BCUT2D eigenvalue weighted by atomic mass is 9.87. The normalized spacial score (nSPS) is 11.9. The Morgan fingerprint density at radius 3 is 2.00 bits per heavy atom. The fourth-order valence-electron chi connectivity index (χ4n) is 3.36. The van der Waals surface area contributed by atoms with Gasteiger partial charge in [-0.1, -0.05) is 45.9 Å². The van der Waals surface area contributed by atoms with Gasteiger partial charge in [0.1, 0.15) is 11.5 Å². The van der Waals surface area contributed by atoms with Crippen molar-refractivity contribution in [3.63, 3.8) is 0 Å². The summed E-state index contributed by atoms with van der Waals surface area (Å²) < 4.78 is 11.0. The van der Waals surface area contributed by atoms with Crippen LogP contribution in [0.15, 0.2) is 72.8 Å². The quantitative estimate of drug-likeness (QED) is 0.430. The van der Waals surface area contributed by atoms with Crippen LogP contribution in [0.25, 0.3) is 0 Å². The fourth-order valence-corrected chi connectivity index (χ4v) is 3.36. The first-order valence-electron chi connectivity index (χ1n) is 11.3. The van der Waals surface area contributed by atoms with E-state index in [1.807, 2.05) is 31.2 Å². The van der Waals surface area contributed by atoms with Gasteiger partial charge in [-0.25, -0.2) is 0 Å². The monoisotopic (exact) mass is 460 g/mol. The van der Waals surface area contributed by atoms with Gasteiger partial charge in [-0.2, -0.15) is 0 Å². The molecule has 0 bridgehead atoms. The molecule has 0 heterocycles. The lowest BCUT2D eigenvalue weighted by Crippen LogP contribution is -2.32. The van der Waals surface area contributed by atoms with E-state index in [-0.39, 0.29) is 17.2 Å². The third-order valence-corrected chi connectivity index (χ3v) is 5.40. The molecule has 0 aliphatic carbocycles. The third-order valence-electron chi connectivity index (χ3n) is 5.40. The van der Waals surface area contributed by atoms with Crippen molar-refractivity contribution in [2.45, 2.75) is 45.6 Å². The average Bonchev–Trinajstić information content (AvgIpc) is 2.82. The van der Waals surface area contributed by atoms with E-state index in [0.29, 0.717) is 34.9 Å². The maximum Gasteiger partial charge on any atom is 0.265 e. The molecule has 0 aliphatic rings. The third kappa shape index (κ3) is 6.61. The van der Waals surface area contributed by atoms with E-state index in [9.17, 15) is 9.59 Å². The zero-order chi connectivity index (χ0) is 24.7. The topological polar surface area (TPSA) is 76.7 Å². The molecule has 0 radical (unpaired) electrons. The van der Waals surface area contributed by atoms with Crippen LogP contribution in [0.1, 0.15) is 50.0 Å². The van der Waals surface area contributed by atoms with Crippen molar-refractivity contribution in [3.8, 4) is 11.5 Å². The van der Waals surface area contributed by atoms with E-state index in [2.05, 4.69) is 31.4 Å². The Labute approximate surface area is 201 Å². The highest BCUT2D eigenvalue weighted by atomic mass is 16.5. The molecule has 178 valence electrons. The minimum absolute atomic E-state index is 0.0228. The van der Waals surface area contributed by atoms with Crippen molar-refractivity contribution in [3.05, 3.63) is 83.9 Å². The van der Waals surface area contributed by atoms with E-state index in [0.717, 1.165) is 5.56 Å². The number of carbonyl (C=O) groups excluding carboxylic acids is 2.